The van der Waals surface area contributed by atoms with Crippen molar-refractivity contribution < 1.29 is 27.4 Å². The normalized spacial score (nSPS) is 13.9. The minimum Gasteiger partial charge on any atom is -0.491 e. The van der Waals surface area contributed by atoms with Crippen LogP contribution in [0.4, 0.5) is 13.2 Å². The molecule has 0 spiro atoms. The molecule has 1 aliphatic heterocycles. The van der Waals surface area contributed by atoms with Crippen molar-refractivity contribution in [3.63, 3.8) is 0 Å². The summed E-state index contributed by atoms with van der Waals surface area (Å²) < 4.78 is 46.7. The molecule has 6 nitrogen and oxygen atoms in total. The molecule has 1 aromatic heterocycles. The highest BCUT2D eigenvalue weighted by Gasteiger charge is 2.31. The van der Waals surface area contributed by atoms with Gasteiger partial charge in [0.05, 0.1) is 18.7 Å². The van der Waals surface area contributed by atoms with Gasteiger partial charge in [-0.25, -0.2) is 9.97 Å². The fourth-order valence-corrected chi connectivity index (χ4v) is 3.21. The van der Waals surface area contributed by atoms with Crippen molar-refractivity contribution in [3.05, 3.63) is 71.8 Å². The van der Waals surface area contributed by atoms with Gasteiger partial charge in [-0.1, -0.05) is 18.2 Å². The van der Waals surface area contributed by atoms with Crippen LogP contribution in [-0.2, 0) is 6.54 Å². The first-order valence-corrected chi connectivity index (χ1v) is 9.48. The van der Waals surface area contributed by atoms with Gasteiger partial charge in [0, 0.05) is 12.4 Å². The number of hydrogen-bond acceptors (Lipinski definition) is 5. The number of nitrogens with zero attached hydrogens (tertiary/aromatic N) is 3. The summed E-state index contributed by atoms with van der Waals surface area (Å²) in [6, 6.07) is 10.6. The highest BCUT2D eigenvalue weighted by Crippen LogP contribution is 2.31. The van der Waals surface area contributed by atoms with Crippen LogP contribution in [0.1, 0.15) is 21.7 Å². The zero-order valence-corrected chi connectivity index (χ0v) is 16.5. The van der Waals surface area contributed by atoms with Crippen LogP contribution in [0.5, 0.6) is 11.5 Å². The van der Waals surface area contributed by atoms with E-state index in [0.29, 0.717) is 41.4 Å². The second-order valence-electron chi connectivity index (χ2n) is 7.03. The van der Waals surface area contributed by atoms with Gasteiger partial charge in [-0.05, 0) is 47.9 Å². The molecule has 3 aromatic rings. The molecule has 1 amide bonds. The lowest BCUT2D eigenvalue weighted by molar-refractivity contribution is -0.274. The van der Waals surface area contributed by atoms with Crippen LogP contribution in [0.3, 0.4) is 0 Å². The van der Waals surface area contributed by atoms with Crippen molar-refractivity contribution in [2.45, 2.75) is 19.8 Å². The first-order chi connectivity index (χ1) is 14.8. The fraction of sp³-hybridized carbons (Fsp3) is 0.227. The van der Waals surface area contributed by atoms with E-state index in [4.69, 9.17) is 4.74 Å². The van der Waals surface area contributed by atoms with Gasteiger partial charge in [0.15, 0.2) is 0 Å². The Labute approximate surface area is 176 Å². The third kappa shape index (κ3) is 4.93. The van der Waals surface area contributed by atoms with Gasteiger partial charge in [-0.15, -0.1) is 13.2 Å². The number of carbonyl (C=O) groups excluding carboxylic acids is 1. The van der Waals surface area contributed by atoms with Crippen LogP contribution in [0.15, 0.2) is 54.9 Å². The Hall–Kier alpha value is -3.62. The zero-order valence-electron chi connectivity index (χ0n) is 16.5. The average Bonchev–Trinajstić information content (AvgIpc) is 2.88. The summed E-state index contributed by atoms with van der Waals surface area (Å²) in [6.07, 6.45) is -1.36. The topological polar surface area (TPSA) is 64.6 Å². The minimum absolute atomic E-state index is 0.226. The Bertz CT molecular complexity index is 1080. The van der Waals surface area contributed by atoms with Crippen LogP contribution in [0.25, 0.3) is 11.1 Å². The van der Waals surface area contributed by atoms with Crippen LogP contribution < -0.4 is 9.47 Å². The average molecular weight is 429 g/mol. The van der Waals surface area contributed by atoms with Crippen LogP contribution in [0.2, 0.25) is 0 Å². The third-order valence-electron chi connectivity index (χ3n) is 4.70. The smallest absolute Gasteiger partial charge is 0.491 e. The van der Waals surface area contributed by atoms with Gasteiger partial charge in [0.1, 0.15) is 23.9 Å². The van der Waals surface area contributed by atoms with E-state index in [1.807, 2.05) is 6.92 Å². The quantitative estimate of drug-likeness (QED) is 0.616. The van der Waals surface area contributed by atoms with Gasteiger partial charge in [-0.3, -0.25) is 4.79 Å². The number of hydrogen-bond donors (Lipinski definition) is 0. The summed E-state index contributed by atoms with van der Waals surface area (Å²) >= 11 is 0. The predicted octanol–water partition coefficient (Wildman–Crippen LogP) is 4.39. The number of aryl methyl sites for hydroxylation is 1. The van der Waals surface area contributed by atoms with Crippen LogP contribution in [-0.4, -0.2) is 40.3 Å². The molecule has 2 aromatic carbocycles. The number of rotatable bonds is 4. The number of aromatic nitrogens is 2. The largest absolute Gasteiger partial charge is 0.573 e. The van der Waals surface area contributed by atoms with E-state index < -0.39 is 6.36 Å². The maximum absolute atomic E-state index is 13.1. The van der Waals surface area contributed by atoms with Gasteiger partial charge in [0.2, 0.25) is 0 Å². The lowest BCUT2D eigenvalue weighted by atomic mass is 10.0. The van der Waals surface area contributed by atoms with E-state index in [1.165, 1.54) is 24.3 Å². The Morgan fingerprint density at radius 3 is 2.42 bits per heavy atom. The molecular formula is C22H18F3N3O3. The van der Waals surface area contributed by atoms with Gasteiger partial charge in [0.25, 0.3) is 5.91 Å². The second-order valence-corrected chi connectivity index (χ2v) is 7.03. The number of benzene rings is 2. The van der Waals surface area contributed by atoms with E-state index in [-0.39, 0.29) is 18.2 Å². The summed E-state index contributed by atoms with van der Waals surface area (Å²) in [5.41, 5.74) is 2.61. The van der Waals surface area contributed by atoms with Crippen LogP contribution >= 0.6 is 0 Å². The van der Waals surface area contributed by atoms with Gasteiger partial charge in [-0.2, -0.15) is 0 Å². The zero-order chi connectivity index (χ0) is 22.0. The van der Waals surface area contributed by atoms with Gasteiger partial charge < -0.3 is 14.4 Å². The first kappa shape index (κ1) is 20.6. The van der Waals surface area contributed by atoms with Gasteiger partial charge >= 0.3 is 6.36 Å². The number of amides is 1. The first-order valence-electron chi connectivity index (χ1n) is 9.48. The maximum Gasteiger partial charge on any atom is 0.573 e. The van der Waals surface area contributed by atoms with E-state index in [0.717, 1.165) is 5.56 Å². The molecule has 0 saturated heterocycles. The Morgan fingerprint density at radius 1 is 1.06 bits per heavy atom. The second kappa shape index (κ2) is 8.25. The number of ether oxygens (including phenoxy) is 2. The molecule has 0 N–H and O–H groups in total. The molecule has 0 saturated carbocycles. The predicted molar refractivity (Wildman–Crippen MR) is 106 cm³/mol. The standard InChI is InChI=1S/C22H18F3N3O3/c1-14-11-26-20(27-12-14)13-28-8-9-30-19-7-4-16(10-18(19)21(28)29)15-2-5-17(6-3-15)31-22(23,24)25/h2-7,10-12H,8-9,13H2,1H3. The number of fused-ring (bicyclic) bond motifs is 1. The van der Waals surface area contributed by atoms with Crippen molar-refractivity contribution in [2.24, 2.45) is 0 Å². The molecule has 160 valence electrons. The van der Waals surface area contributed by atoms with Crippen molar-refractivity contribution in [2.75, 3.05) is 13.2 Å². The van der Waals surface area contributed by atoms with Crippen LogP contribution in [0, 0.1) is 6.92 Å². The SMILES string of the molecule is Cc1cnc(CN2CCOc3ccc(-c4ccc(OC(F)(F)F)cc4)cc3C2=O)nc1. The molecule has 2 heterocycles. The molecule has 9 heteroatoms. The summed E-state index contributed by atoms with van der Waals surface area (Å²) in [7, 11) is 0. The third-order valence-corrected chi connectivity index (χ3v) is 4.70. The summed E-state index contributed by atoms with van der Waals surface area (Å²) in [6.45, 7) is 2.83. The molecule has 0 radical (unpaired) electrons. The number of halogens is 3. The molecule has 0 fully saturated rings. The number of alkyl halides is 3. The minimum atomic E-state index is -4.75. The Balaban J connectivity index is 1.58. The van der Waals surface area contributed by atoms with E-state index in [2.05, 4.69) is 14.7 Å². The number of carbonyl (C=O) groups is 1. The maximum atomic E-state index is 13.1. The Kier molecular flexibility index (Phi) is 5.50. The molecule has 31 heavy (non-hydrogen) atoms. The monoisotopic (exact) mass is 429 g/mol. The van der Waals surface area contributed by atoms with Crippen molar-refractivity contribution in [3.8, 4) is 22.6 Å². The summed E-state index contributed by atoms with van der Waals surface area (Å²) in [4.78, 5) is 23.3. The highest BCUT2D eigenvalue weighted by molar-refractivity contribution is 5.98. The lowest BCUT2D eigenvalue weighted by Gasteiger charge is -2.19. The van der Waals surface area contributed by atoms with E-state index in [1.54, 1.807) is 35.5 Å². The fourth-order valence-electron chi connectivity index (χ4n) is 3.21. The summed E-state index contributed by atoms with van der Waals surface area (Å²) in [5, 5.41) is 0. The molecule has 0 bridgehead atoms. The molecule has 0 atom stereocenters. The van der Waals surface area contributed by atoms with Crippen molar-refractivity contribution >= 4 is 5.91 Å². The molecule has 0 aliphatic carbocycles. The van der Waals surface area contributed by atoms with Crippen molar-refractivity contribution in [1.82, 2.24) is 14.9 Å². The molecule has 1 aliphatic rings. The lowest BCUT2D eigenvalue weighted by Crippen LogP contribution is -2.32. The van der Waals surface area contributed by atoms with Crippen molar-refractivity contribution in [1.29, 1.82) is 0 Å². The van der Waals surface area contributed by atoms with E-state index in [9.17, 15) is 18.0 Å². The Morgan fingerprint density at radius 2 is 1.74 bits per heavy atom. The highest BCUT2D eigenvalue weighted by atomic mass is 19.4. The molecule has 4 rings (SSSR count). The summed E-state index contributed by atoms with van der Waals surface area (Å²) in [5.74, 6) is 0.446. The molecule has 0 unspecified atom stereocenters. The molecular weight excluding hydrogens is 411 g/mol. The van der Waals surface area contributed by atoms with E-state index >= 15 is 0 Å².